The standard InChI is InChI=1S/C19H15Cl4N3O3/c1-9-3-6-12(21)16(15(9)23)24-14(27)8-26-17(28)19(2,25-18(26)29)11-5-4-10(20)7-13(11)22/h3-7H,8H2,1-2H3,(H,24,27)(H,25,29). The summed E-state index contributed by atoms with van der Waals surface area (Å²) in [7, 11) is 0. The zero-order chi connectivity index (χ0) is 21.5. The fourth-order valence-electron chi connectivity index (χ4n) is 3.01. The number of nitrogens with zero attached hydrogens (tertiary/aromatic N) is 1. The van der Waals surface area contributed by atoms with Gasteiger partial charge in [-0.2, -0.15) is 0 Å². The van der Waals surface area contributed by atoms with Crippen LogP contribution in [0.25, 0.3) is 0 Å². The molecule has 2 aromatic carbocycles. The van der Waals surface area contributed by atoms with E-state index in [0.717, 1.165) is 4.90 Å². The molecule has 0 aromatic heterocycles. The summed E-state index contributed by atoms with van der Waals surface area (Å²) in [5.41, 5.74) is -0.132. The van der Waals surface area contributed by atoms with Crippen molar-refractivity contribution in [2.75, 3.05) is 11.9 Å². The third kappa shape index (κ3) is 4.03. The topological polar surface area (TPSA) is 78.5 Å². The summed E-state index contributed by atoms with van der Waals surface area (Å²) in [6.45, 7) is 2.74. The Hall–Kier alpha value is -1.99. The van der Waals surface area contributed by atoms with Crippen LogP contribution in [0.4, 0.5) is 10.5 Å². The highest BCUT2D eigenvalue weighted by molar-refractivity contribution is 6.40. The Labute approximate surface area is 187 Å². The fraction of sp³-hybridized carbons (Fsp3) is 0.211. The summed E-state index contributed by atoms with van der Waals surface area (Å²) in [4.78, 5) is 38.7. The number of nitrogens with one attached hydrogen (secondary N) is 2. The van der Waals surface area contributed by atoms with Crippen LogP contribution in [0.2, 0.25) is 20.1 Å². The maximum atomic E-state index is 13.0. The molecule has 1 aliphatic rings. The van der Waals surface area contributed by atoms with E-state index in [1.807, 2.05) is 0 Å². The molecule has 1 aliphatic heterocycles. The Kier molecular flexibility index (Phi) is 6.01. The van der Waals surface area contributed by atoms with E-state index in [1.54, 1.807) is 31.2 Å². The molecule has 0 aliphatic carbocycles. The Morgan fingerprint density at radius 3 is 2.45 bits per heavy atom. The monoisotopic (exact) mass is 473 g/mol. The number of halogens is 4. The second-order valence-electron chi connectivity index (χ2n) is 6.67. The van der Waals surface area contributed by atoms with Gasteiger partial charge in [-0.05, 0) is 37.6 Å². The van der Waals surface area contributed by atoms with Gasteiger partial charge in [0.05, 0.1) is 15.7 Å². The number of benzene rings is 2. The Bertz CT molecular complexity index is 1040. The molecule has 1 unspecified atom stereocenters. The minimum absolute atomic E-state index is 0.217. The summed E-state index contributed by atoms with van der Waals surface area (Å²) in [6.07, 6.45) is 0. The average Bonchev–Trinajstić information content (AvgIpc) is 2.85. The van der Waals surface area contributed by atoms with E-state index in [2.05, 4.69) is 10.6 Å². The normalized spacial score (nSPS) is 18.8. The molecule has 0 bridgehead atoms. The van der Waals surface area contributed by atoms with Gasteiger partial charge in [-0.3, -0.25) is 14.5 Å². The van der Waals surface area contributed by atoms with E-state index in [1.165, 1.54) is 13.0 Å². The molecule has 10 heteroatoms. The van der Waals surface area contributed by atoms with Gasteiger partial charge in [0.1, 0.15) is 12.1 Å². The van der Waals surface area contributed by atoms with Crippen LogP contribution in [-0.2, 0) is 15.1 Å². The fourth-order valence-corrected chi connectivity index (χ4v) is 4.07. The largest absolute Gasteiger partial charge is 0.325 e. The van der Waals surface area contributed by atoms with Gasteiger partial charge in [-0.25, -0.2) is 4.79 Å². The average molecular weight is 475 g/mol. The second kappa shape index (κ2) is 8.03. The van der Waals surface area contributed by atoms with Gasteiger partial charge in [-0.15, -0.1) is 0 Å². The molecule has 0 spiro atoms. The summed E-state index contributed by atoms with van der Waals surface area (Å²) in [6, 6.07) is 7.16. The van der Waals surface area contributed by atoms with Gasteiger partial charge in [0, 0.05) is 15.6 Å². The molecule has 0 radical (unpaired) electrons. The van der Waals surface area contributed by atoms with E-state index < -0.39 is 29.9 Å². The SMILES string of the molecule is Cc1ccc(Cl)c(NC(=O)CN2C(=O)NC(C)(c3ccc(Cl)cc3Cl)C2=O)c1Cl. The molecule has 2 N–H and O–H groups in total. The van der Waals surface area contributed by atoms with Crippen molar-refractivity contribution in [1.29, 1.82) is 0 Å². The van der Waals surface area contributed by atoms with Crippen molar-refractivity contribution in [3.63, 3.8) is 0 Å². The van der Waals surface area contributed by atoms with Gasteiger partial charge in [0.15, 0.2) is 0 Å². The molecule has 1 atom stereocenters. The summed E-state index contributed by atoms with van der Waals surface area (Å²) in [5.74, 6) is -1.25. The minimum Gasteiger partial charge on any atom is -0.322 e. The zero-order valence-electron chi connectivity index (χ0n) is 15.3. The van der Waals surface area contributed by atoms with Crippen molar-refractivity contribution < 1.29 is 14.4 Å². The lowest BCUT2D eigenvalue weighted by Gasteiger charge is -2.23. The van der Waals surface area contributed by atoms with E-state index in [-0.39, 0.29) is 20.8 Å². The number of carbonyl (C=O) groups is 3. The first kappa shape index (κ1) is 21.7. The zero-order valence-corrected chi connectivity index (χ0v) is 18.3. The molecule has 0 saturated carbocycles. The number of hydrogen-bond donors (Lipinski definition) is 2. The smallest absolute Gasteiger partial charge is 0.322 e. The van der Waals surface area contributed by atoms with E-state index >= 15 is 0 Å². The van der Waals surface area contributed by atoms with Crippen LogP contribution < -0.4 is 10.6 Å². The Balaban J connectivity index is 1.82. The molecular formula is C19H15Cl4N3O3. The highest BCUT2D eigenvalue weighted by Gasteiger charge is 2.50. The first-order valence-electron chi connectivity index (χ1n) is 8.38. The highest BCUT2D eigenvalue weighted by Crippen LogP contribution is 2.35. The van der Waals surface area contributed by atoms with Crippen molar-refractivity contribution in [2.24, 2.45) is 0 Å². The van der Waals surface area contributed by atoms with Crippen LogP contribution in [0.1, 0.15) is 18.1 Å². The number of urea groups is 1. The predicted molar refractivity (Wildman–Crippen MR) is 114 cm³/mol. The van der Waals surface area contributed by atoms with Crippen molar-refractivity contribution >= 4 is 69.9 Å². The van der Waals surface area contributed by atoms with Gasteiger partial charge in [0.25, 0.3) is 5.91 Å². The molecule has 6 nitrogen and oxygen atoms in total. The molecule has 4 amide bonds. The quantitative estimate of drug-likeness (QED) is 0.611. The van der Waals surface area contributed by atoms with Crippen LogP contribution >= 0.6 is 46.4 Å². The number of hydrogen-bond acceptors (Lipinski definition) is 3. The lowest BCUT2D eigenvalue weighted by atomic mass is 9.92. The third-order valence-corrected chi connectivity index (χ3v) is 5.94. The van der Waals surface area contributed by atoms with Crippen molar-refractivity contribution in [2.45, 2.75) is 19.4 Å². The number of imide groups is 1. The number of anilines is 1. The highest BCUT2D eigenvalue weighted by atomic mass is 35.5. The van der Waals surface area contributed by atoms with Crippen molar-refractivity contribution in [3.8, 4) is 0 Å². The summed E-state index contributed by atoms with van der Waals surface area (Å²) in [5, 5.41) is 6.27. The maximum absolute atomic E-state index is 13.0. The summed E-state index contributed by atoms with van der Waals surface area (Å²) < 4.78 is 0. The van der Waals surface area contributed by atoms with E-state index in [9.17, 15) is 14.4 Å². The molecule has 2 aromatic rings. The van der Waals surface area contributed by atoms with E-state index in [0.29, 0.717) is 16.1 Å². The molecule has 29 heavy (non-hydrogen) atoms. The molecule has 3 rings (SSSR count). The predicted octanol–water partition coefficient (Wildman–Crippen LogP) is 5.01. The number of rotatable bonds is 4. The van der Waals surface area contributed by atoms with Crippen molar-refractivity contribution in [1.82, 2.24) is 10.2 Å². The molecule has 1 heterocycles. The first-order valence-corrected chi connectivity index (χ1v) is 9.90. The lowest BCUT2D eigenvalue weighted by Crippen LogP contribution is -2.42. The number of amides is 4. The lowest BCUT2D eigenvalue weighted by molar-refractivity contribution is -0.133. The second-order valence-corrected chi connectivity index (χ2v) is 8.30. The van der Waals surface area contributed by atoms with Crippen molar-refractivity contribution in [3.05, 3.63) is 61.5 Å². The van der Waals surface area contributed by atoms with Gasteiger partial charge in [0.2, 0.25) is 5.91 Å². The number of aryl methyl sites for hydroxylation is 1. The van der Waals surface area contributed by atoms with Crippen LogP contribution in [0.5, 0.6) is 0 Å². The summed E-state index contributed by atoms with van der Waals surface area (Å²) >= 11 is 24.4. The molecule has 152 valence electrons. The van der Waals surface area contributed by atoms with Crippen LogP contribution in [0.3, 0.4) is 0 Å². The minimum atomic E-state index is -1.43. The third-order valence-electron chi connectivity index (χ3n) is 4.60. The molecule has 1 saturated heterocycles. The van der Waals surface area contributed by atoms with Crippen LogP contribution in [-0.4, -0.2) is 29.3 Å². The van der Waals surface area contributed by atoms with Crippen LogP contribution in [0.15, 0.2) is 30.3 Å². The van der Waals surface area contributed by atoms with E-state index in [4.69, 9.17) is 46.4 Å². The van der Waals surface area contributed by atoms with Crippen LogP contribution in [0, 0.1) is 6.92 Å². The van der Waals surface area contributed by atoms with Gasteiger partial charge < -0.3 is 10.6 Å². The Morgan fingerprint density at radius 2 is 1.79 bits per heavy atom. The van der Waals surface area contributed by atoms with Gasteiger partial charge in [-0.1, -0.05) is 58.5 Å². The number of carbonyl (C=O) groups excluding carboxylic acids is 3. The Morgan fingerprint density at radius 1 is 1.10 bits per heavy atom. The molecular weight excluding hydrogens is 460 g/mol. The first-order chi connectivity index (χ1) is 13.5. The molecule has 1 fully saturated rings. The van der Waals surface area contributed by atoms with Gasteiger partial charge >= 0.3 is 6.03 Å². The maximum Gasteiger partial charge on any atom is 0.325 e.